The molecule has 0 radical (unpaired) electrons. The zero-order valence-electron chi connectivity index (χ0n) is 20.3. The molecule has 0 aromatic heterocycles. The van der Waals surface area contributed by atoms with Crippen molar-refractivity contribution in [2.24, 2.45) is 0 Å². The maximum atomic E-state index is 8.07. The Morgan fingerprint density at radius 2 is 1.39 bits per heavy atom. The molecule has 0 aromatic carbocycles. The number of ether oxygens (including phenoxy) is 1. The highest BCUT2D eigenvalue weighted by atomic mass is 16.5. The van der Waals surface area contributed by atoms with Gasteiger partial charge in [-0.1, -0.05) is 95.7 Å². The Kier molecular flexibility index (Phi) is 58.9. The van der Waals surface area contributed by atoms with Gasteiger partial charge in [0.1, 0.15) is 5.76 Å². The molecule has 0 rings (SSSR count). The lowest BCUT2D eigenvalue weighted by atomic mass is 10.3. The maximum Gasteiger partial charge on any atom is 0.112 e. The largest absolute Gasteiger partial charge is 0.494 e. The van der Waals surface area contributed by atoms with Crippen molar-refractivity contribution in [1.29, 1.82) is 0 Å². The molecule has 166 valence electrons. The van der Waals surface area contributed by atoms with Crippen LogP contribution in [0.3, 0.4) is 0 Å². The van der Waals surface area contributed by atoms with Gasteiger partial charge in [-0.25, -0.2) is 0 Å². The molecular weight excluding hydrogens is 344 g/mol. The second-order valence-electron chi connectivity index (χ2n) is 5.38. The van der Waals surface area contributed by atoms with E-state index in [4.69, 9.17) is 9.84 Å². The van der Waals surface area contributed by atoms with E-state index in [9.17, 15) is 0 Å². The van der Waals surface area contributed by atoms with Gasteiger partial charge in [-0.05, 0) is 46.6 Å². The fourth-order valence-corrected chi connectivity index (χ4v) is 1.11. The van der Waals surface area contributed by atoms with Crippen molar-refractivity contribution in [1.82, 2.24) is 0 Å². The Bertz CT molecular complexity index is 372. The molecule has 0 heterocycles. The van der Waals surface area contributed by atoms with Crippen LogP contribution in [0, 0.1) is 0 Å². The van der Waals surface area contributed by atoms with Crippen molar-refractivity contribution in [3.63, 3.8) is 0 Å². The lowest BCUT2D eigenvalue weighted by Crippen LogP contribution is -1.90. The summed E-state index contributed by atoms with van der Waals surface area (Å²) in [4.78, 5) is 0. The molecule has 0 aliphatic carbocycles. The summed E-state index contributed by atoms with van der Waals surface area (Å²) in [6, 6.07) is 0. The minimum Gasteiger partial charge on any atom is -0.494 e. The van der Waals surface area contributed by atoms with Gasteiger partial charge in [-0.15, -0.1) is 6.58 Å². The van der Waals surface area contributed by atoms with E-state index in [2.05, 4.69) is 33.6 Å². The average Bonchev–Trinajstić information content (AvgIpc) is 2.66. The van der Waals surface area contributed by atoms with Gasteiger partial charge in [-0.2, -0.15) is 0 Å². The molecule has 0 saturated heterocycles. The Hall–Kier alpha value is -1.80. The third kappa shape index (κ3) is 74.8. The highest BCUT2D eigenvalue weighted by molar-refractivity contribution is 5.13. The molecule has 0 saturated carbocycles. The summed E-state index contributed by atoms with van der Waals surface area (Å²) in [5.74, 6) is 0.738. The summed E-state index contributed by atoms with van der Waals surface area (Å²) in [5, 5.41) is 8.07. The quantitative estimate of drug-likeness (QED) is 0.184. The molecular formula is C26H50O2. The molecule has 0 unspecified atom stereocenters. The molecule has 0 aliphatic heterocycles. The Labute approximate surface area is 178 Å². The van der Waals surface area contributed by atoms with Crippen molar-refractivity contribution in [2.75, 3.05) is 13.2 Å². The zero-order valence-corrected chi connectivity index (χ0v) is 20.3. The number of rotatable bonds is 9. The topological polar surface area (TPSA) is 29.5 Å². The highest BCUT2D eigenvalue weighted by Gasteiger charge is 1.86. The lowest BCUT2D eigenvalue weighted by Gasteiger charge is -2.02. The smallest absolute Gasteiger partial charge is 0.112 e. The predicted octanol–water partition coefficient (Wildman–Crippen LogP) is 8.59. The first-order valence-electron chi connectivity index (χ1n) is 10.5. The third-order valence-corrected chi connectivity index (χ3v) is 2.33. The fourth-order valence-electron chi connectivity index (χ4n) is 1.11. The van der Waals surface area contributed by atoms with Crippen LogP contribution in [-0.4, -0.2) is 18.3 Å². The van der Waals surface area contributed by atoms with Gasteiger partial charge >= 0.3 is 0 Å². The SMILES string of the molecule is C=C(/C=C\C=C\C)OCCCC.C=C(C)/C=C/C.C=CC.CC.CCCCO. The molecule has 0 fully saturated rings. The average molecular weight is 395 g/mol. The molecule has 0 atom stereocenters. The minimum absolute atomic E-state index is 0.344. The fraction of sp³-hybridized carbons (Fsp3) is 0.538. The van der Waals surface area contributed by atoms with Crippen LogP contribution in [-0.2, 0) is 4.74 Å². The molecule has 28 heavy (non-hydrogen) atoms. The number of allylic oxidation sites excluding steroid dienone is 8. The van der Waals surface area contributed by atoms with Crippen LogP contribution in [0.5, 0.6) is 0 Å². The van der Waals surface area contributed by atoms with E-state index in [1.54, 1.807) is 6.08 Å². The molecule has 0 amide bonds. The minimum atomic E-state index is 0.344. The summed E-state index contributed by atoms with van der Waals surface area (Å²) in [5.41, 5.74) is 1.11. The van der Waals surface area contributed by atoms with Crippen LogP contribution in [0.15, 0.2) is 73.6 Å². The number of hydrogen-bond acceptors (Lipinski definition) is 2. The summed E-state index contributed by atoms with van der Waals surface area (Å²) in [6.45, 7) is 27.9. The van der Waals surface area contributed by atoms with Crippen LogP contribution in [0.1, 0.15) is 81.1 Å². The van der Waals surface area contributed by atoms with Crippen LogP contribution in [0.4, 0.5) is 0 Å². The second kappa shape index (κ2) is 44.6. The van der Waals surface area contributed by atoms with E-state index in [0.717, 1.165) is 43.6 Å². The molecule has 0 aromatic rings. The lowest BCUT2D eigenvalue weighted by molar-refractivity contribution is 0.221. The molecule has 2 nitrogen and oxygen atoms in total. The third-order valence-electron chi connectivity index (χ3n) is 2.33. The Morgan fingerprint density at radius 3 is 1.64 bits per heavy atom. The van der Waals surface area contributed by atoms with Gasteiger partial charge in [-0.3, -0.25) is 0 Å². The van der Waals surface area contributed by atoms with Gasteiger partial charge in [0.05, 0.1) is 6.61 Å². The Balaban J connectivity index is -0.0000000925. The molecule has 2 heteroatoms. The zero-order chi connectivity index (χ0) is 23.1. The maximum absolute atomic E-state index is 8.07. The van der Waals surface area contributed by atoms with E-state index in [1.165, 1.54) is 0 Å². The normalized spacial score (nSPS) is 9.04. The number of aliphatic hydroxyl groups is 1. The first kappa shape index (κ1) is 37.0. The van der Waals surface area contributed by atoms with Crippen LogP contribution >= 0.6 is 0 Å². The number of unbranched alkanes of at least 4 members (excludes halogenated alkanes) is 2. The molecule has 1 N–H and O–H groups in total. The van der Waals surface area contributed by atoms with Crippen LogP contribution in [0.25, 0.3) is 0 Å². The van der Waals surface area contributed by atoms with E-state index in [0.29, 0.717) is 6.61 Å². The van der Waals surface area contributed by atoms with E-state index >= 15 is 0 Å². The van der Waals surface area contributed by atoms with Crippen LogP contribution < -0.4 is 0 Å². The van der Waals surface area contributed by atoms with Crippen molar-refractivity contribution in [3.05, 3.63) is 73.6 Å². The molecule has 0 spiro atoms. The summed E-state index contributed by atoms with van der Waals surface area (Å²) >= 11 is 0. The van der Waals surface area contributed by atoms with Crippen molar-refractivity contribution in [2.45, 2.75) is 81.1 Å². The second-order valence-corrected chi connectivity index (χ2v) is 5.38. The number of aliphatic hydroxyl groups excluding tert-OH is 1. The molecule has 0 aliphatic rings. The van der Waals surface area contributed by atoms with Crippen molar-refractivity contribution >= 4 is 0 Å². The standard InChI is InChI=1S/C11H18O.C6H10.C4H10O.C3H6.C2H6/c1-4-6-8-9-11(3)12-10-7-5-2;1-4-5-6(2)3;1-2-3-4-5;1-3-2;1-2/h4,6,8-9H,3,5,7,10H2,1-2H3;4-5H,2H2,1,3H3;5H,2-4H2,1H3;3H,1H2,2H3;1-2H3/b6-4+,9-8-;5-4+;;;. The first-order valence-corrected chi connectivity index (χ1v) is 10.5. The molecule has 0 bridgehead atoms. The summed E-state index contributed by atoms with van der Waals surface area (Å²) in [6.07, 6.45) is 17.7. The predicted molar refractivity (Wildman–Crippen MR) is 133 cm³/mol. The summed E-state index contributed by atoms with van der Waals surface area (Å²) < 4.78 is 5.31. The van der Waals surface area contributed by atoms with Gasteiger partial charge in [0, 0.05) is 6.61 Å². The van der Waals surface area contributed by atoms with Crippen LogP contribution in [0.2, 0.25) is 0 Å². The first-order chi connectivity index (χ1) is 13.4. The van der Waals surface area contributed by atoms with Gasteiger partial charge < -0.3 is 9.84 Å². The van der Waals surface area contributed by atoms with Crippen molar-refractivity contribution < 1.29 is 9.84 Å². The monoisotopic (exact) mass is 394 g/mol. The van der Waals surface area contributed by atoms with Gasteiger partial charge in [0.2, 0.25) is 0 Å². The highest BCUT2D eigenvalue weighted by Crippen LogP contribution is 1.98. The van der Waals surface area contributed by atoms with Gasteiger partial charge in [0.15, 0.2) is 0 Å². The van der Waals surface area contributed by atoms with E-state index in [-0.39, 0.29) is 0 Å². The van der Waals surface area contributed by atoms with Gasteiger partial charge in [0.25, 0.3) is 0 Å². The van der Waals surface area contributed by atoms with E-state index < -0.39 is 0 Å². The Morgan fingerprint density at radius 1 is 0.893 bits per heavy atom. The summed E-state index contributed by atoms with van der Waals surface area (Å²) in [7, 11) is 0. The van der Waals surface area contributed by atoms with E-state index in [1.807, 2.05) is 78.0 Å². The number of hydrogen-bond donors (Lipinski definition) is 1. The van der Waals surface area contributed by atoms with Crippen molar-refractivity contribution in [3.8, 4) is 0 Å².